The number of terminal acetylenes is 1. The Kier molecular flexibility index (Phi) is 9.18. The van der Waals surface area contributed by atoms with Crippen molar-refractivity contribution in [2.24, 2.45) is 0 Å². The van der Waals surface area contributed by atoms with Crippen LogP contribution in [0.25, 0.3) is 6.08 Å². The molecule has 0 aliphatic heterocycles. The van der Waals surface area contributed by atoms with Gasteiger partial charge in [0.05, 0.1) is 20.3 Å². The first kappa shape index (κ1) is 23.6. The van der Waals surface area contributed by atoms with E-state index in [2.05, 4.69) is 18.2 Å². The van der Waals surface area contributed by atoms with Gasteiger partial charge in [0.2, 0.25) is 11.8 Å². The number of hydrogen-bond donors (Lipinski definition) is 1. The minimum Gasteiger partial charge on any atom is -0.493 e. The molecule has 0 heterocycles. The van der Waals surface area contributed by atoms with Crippen molar-refractivity contribution in [2.45, 2.75) is 19.8 Å². The second-order valence-electron chi connectivity index (χ2n) is 6.91. The standard InChI is InChI=1S/C25H28N2O4/c1-5-7-15-31-22-13-11-20(17-23(22)30-4)12-14-25(29)27(3)18-24(28)26-21-10-8-9-19(6-2)16-21/h2,8-14,16-17H,5,7,15,18H2,1,3-4H3,(H,26,28). The molecule has 1 N–H and O–H groups in total. The summed E-state index contributed by atoms with van der Waals surface area (Å²) in [5.74, 6) is 3.18. The topological polar surface area (TPSA) is 67.9 Å². The molecule has 6 heteroatoms. The highest BCUT2D eigenvalue weighted by Crippen LogP contribution is 2.28. The number of unbranched alkanes of at least 4 members (excludes halogenated alkanes) is 1. The normalized spacial score (nSPS) is 10.4. The zero-order valence-corrected chi connectivity index (χ0v) is 18.2. The molecule has 0 spiro atoms. The van der Waals surface area contributed by atoms with Crippen LogP contribution in [0.3, 0.4) is 0 Å². The van der Waals surface area contributed by atoms with Crippen LogP contribution in [0.1, 0.15) is 30.9 Å². The fourth-order valence-electron chi connectivity index (χ4n) is 2.71. The highest BCUT2D eigenvalue weighted by atomic mass is 16.5. The predicted molar refractivity (Wildman–Crippen MR) is 123 cm³/mol. The Morgan fingerprint density at radius 3 is 2.71 bits per heavy atom. The van der Waals surface area contributed by atoms with Crippen molar-refractivity contribution in [1.29, 1.82) is 0 Å². The van der Waals surface area contributed by atoms with Gasteiger partial charge < -0.3 is 19.7 Å². The number of anilines is 1. The minimum absolute atomic E-state index is 0.0863. The molecule has 2 aromatic rings. The minimum atomic E-state index is -0.311. The van der Waals surface area contributed by atoms with Crippen LogP contribution < -0.4 is 14.8 Å². The summed E-state index contributed by atoms with van der Waals surface area (Å²) in [6, 6.07) is 12.4. The number of carbonyl (C=O) groups is 2. The van der Waals surface area contributed by atoms with Gasteiger partial charge in [-0.05, 0) is 48.4 Å². The Morgan fingerprint density at radius 1 is 1.19 bits per heavy atom. The first-order chi connectivity index (χ1) is 15.0. The lowest BCUT2D eigenvalue weighted by molar-refractivity contribution is -0.129. The Labute approximate surface area is 183 Å². The monoisotopic (exact) mass is 420 g/mol. The van der Waals surface area contributed by atoms with Gasteiger partial charge in [0.25, 0.3) is 0 Å². The molecule has 6 nitrogen and oxygen atoms in total. The molecule has 0 aromatic heterocycles. The van der Waals surface area contributed by atoms with E-state index in [0.717, 1.165) is 18.4 Å². The number of likely N-dealkylation sites (N-methyl/N-ethyl adjacent to an activating group) is 1. The van der Waals surface area contributed by atoms with Gasteiger partial charge in [-0.2, -0.15) is 0 Å². The molecule has 31 heavy (non-hydrogen) atoms. The van der Waals surface area contributed by atoms with Crippen molar-refractivity contribution in [3.63, 3.8) is 0 Å². The average molecular weight is 421 g/mol. The molecule has 2 aromatic carbocycles. The lowest BCUT2D eigenvalue weighted by Gasteiger charge is -2.15. The Hall–Kier alpha value is -3.72. The SMILES string of the molecule is C#Cc1cccc(NC(=O)CN(C)C(=O)C=Cc2ccc(OCCCC)c(OC)c2)c1. The second-order valence-corrected chi connectivity index (χ2v) is 6.91. The number of ether oxygens (including phenoxy) is 2. The zero-order chi connectivity index (χ0) is 22.6. The summed E-state index contributed by atoms with van der Waals surface area (Å²) in [5, 5.41) is 2.74. The smallest absolute Gasteiger partial charge is 0.246 e. The van der Waals surface area contributed by atoms with Crippen LogP contribution >= 0.6 is 0 Å². The first-order valence-electron chi connectivity index (χ1n) is 10.1. The summed E-state index contributed by atoms with van der Waals surface area (Å²) in [6.07, 6.45) is 10.5. The van der Waals surface area contributed by atoms with E-state index in [1.807, 2.05) is 12.1 Å². The van der Waals surface area contributed by atoms with Crippen molar-refractivity contribution in [3.8, 4) is 23.8 Å². The molecular weight excluding hydrogens is 392 g/mol. The van der Waals surface area contributed by atoms with Gasteiger partial charge in [0.15, 0.2) is 11.5 Å². The van der Waals surface area contributed by atoms with Crippen molar-refractivity contribution in [1.82, 2.24) is 4.90 Å². The van der Waals surface area contributed by atoms with Gasteiger partial charge in [-0.3, -0.25) is 9.59 Å². The number of benzene rings is 2. The first-order valence-corrected chi connectivity index (χ1v) is 10.1. The number of hydrogen-bond acceptors (Lipinski definition) is 4. The number of amides is 2. The molecule has 0 unspecified atom stereocenters. The molecule has 0 aliphatic rings. The maximum atomic E-state index is 12.4. The molecule has 0 atom stereocenters. The quantitative estimate of drug-likeness (QED) is 0.359. The van der Waals surface area contributed by atoms with Gasteiger partial charge in [-0.15, -0.1) is 6.42 Å². The van der Waals surface area contributed by atoms with Crippen molar-refractivity contribution in [2.75, 3.05) is 32.6 Å². The molecule has 0 fully saturated rings. The van der Waals surface area contributed by atoms with Crippen LogP contribution in [0.4, 0.5) is 5.69 Å². The van der Waals surface area contributed by atoms with E-state index in [1.54, 1.807) is 50.6 Å². The van der Waals surface area contributed by atoms with E-state index < -0.39 is 0 Å². The van der Waals surface area contributed by atoms with Crippen LogP contribution in [0.5, 0.6) is 11.5 Å². The number of nitrogens with zero attached hydrogens (tertiary/aromatic N) is 1. The third kappa shape index (κ3) is 7.56. The van der Waals surface area contributed by atoms with Gasteiger partial charge in [-0.1, -0.05) is 31.4 Å². The van der Waals surface area contributed by atoms with Crippen LogP contribution in [0, 0.1) is 12.3 Å². The van der Waals surface area contributed by atoms with Gasteiger partial charge in [0, 0.05) is 24.4 Å². The van der Waals surface area contributed by atoms with E-state index in [9.17, 15) is 9.59 Å². The molecule has 2 amide bonds. The van der Waals surface area contributed by atoms with E-state index in [4.69, 9.17) is 15.9 Å². The lowest BCUT2D eigenvalue weighted by atomic mass is 10.2. The average Bonchev–Trinajstić information content (AvgIpc) is 2.78. The lowest BCUT2D eigenvalue weighted by Crippen LogP contribution is -2.33. The highest BCUT2D eigenvalue weighted by molar-refractivity contribution is 5.98. The highest BCUT2D eigenvalue weighted by Gasteiger charge is 2.11. The van der Waals surface area contributed by atoms with E-state index in [-0.39, 0.29) is 18.4 Å². The van der Waals surface area contributed by atoms with E-state index >= 15 is 0 Å². The molecule has 2 rings (SSSR count). The fraction of sp³-hybridized carbons (Fsp3) is 0.280. The van der Waals surface area contributed by atoms with Crippen molar-refractivity contribution < 1.29 is 19.1 Å². The van der Waals surface area contributed by atoms with Crippen molar-refractivity contribution >= 4 is 23.6 Å². The largest absolute Gasteiger partial charge is 0.493 e. The van der Waals surface area contributed by atoms with E-state index in [1.165, 1.54) is 11.0 Å². The zero-order valence-electron chi connectivity index (χ0n) is 18.2. The Balaban J connectivity index is 1.93. The van der Waals surface area contributed by atoms with E-state index in [0.29, 0.717) is 29.4 Å². The Morgan fingerprint density at radius 2 is 2.00 bits per heavy atom. The number of carbonyl (C=O) groups excluding carboxylic acids is 2. The number of methoxy groups -OCH3 is 1. The number of rotatable bonds is 10. The third-order valence-electron chi connectivity index (χ3n) is 4.43. The summed E-state index contributed by atoms with van der Waals surface area (Å²) in [5.41, 5.74) is 2.05. The maximum absolute atomic E-state index is 12.4. The molecule has 0 saturated carbocycles. The predicted octanol–water partition coefficient (Wildman–Crippen LogP) is 3.97. The van der Waals surface area contributed by atoms with Crippen LogP contribution in [0.15, 0.2) is 48.5 Å². The fourth-order valence-corrected chi connectivity index (χ4v) is 2.71. The molecule has 0 radical (unpaired) electrons. The second kappa shape index (κ2) is 12.1. The molecule has 0 saturated heterocycles. The summed E-state index contributed by atoms with van der Waals surface area (Å²) in [7, 11) is 3.14. The third-order valence-corrected chi connectivity index (χ3v) is 4.43. The molecule has 162 valence electrons. The van der Waals surface area contributed by atoms with Gasteiger partial charge in [0.1, 0.15) is 0 Å². The molecule has 0 bridgehead atoms. The molecular formula is C25H28N2O4. The summed E-state index contributed by atoms with van der Waals surface area (Å²) in [6.45, 7) is 2.64. The summed E-state index contributed by atoms with van der Waals surface area (Å²) < 4.78 is 11.1. The molecule has 0 aliphatic carbocycles. The van der Waals surface area contributed by atoms with Crippen LogP contribution in [-0.4, -0.2) is 44.0 Å². The van der Waals surface area contributed by atoms with Crippen molar-refractivity contribution in [3.05, 3.63) is 59.7 Å². The Bertz CT molecular complexity index is 976. The van der Waals surface area contributed by atoms with Crippen LogP contribution in [-0.2, 0) is 9.59 Å². The summed E-state index contributed by atoms with van der Waals surface area (Å²) in [4.78, 5) is 25.9. The van der Waals surface area contributed by atoms with Crippen LogP contribution in [0.2, 0.25) is 0 Å². The van der Waals surface area contributed by atoms with Gasteiger partial charge in [-0.25, -0.2) is 0 Å². The number of nitrogens with one attached hydrogen (secondary N) is 1. The van der Waals surface area contributed by atoms with Gasteiger partial charge >= 0.3 is 0 Å². The summed E-state index contributed by atoms with van der Waals surface area (Å²) >= 11 is 0. The maximum Gasteiger partial charge on any atom is 0.246 e.